The van der Waals surface area contributed by atoms with E-state index < -0.39 is 0 Å². The van der Waals surface area contributed by atoms with Gasteiger partial charge in [-0.1, -0.05) is 6.92 Å². The first kappa shape index (κ1) is 14.0. The summed E-state index contributed by atoms with van der Waals surface area (Å²) in [6, 6.07) is 0. The highest BCUT2D eigenvalue weighted by atomic mass is 79.9. The van der Waals surface area contributed by atoms with Crippen LogP contribution in [0.1, 0.15) is 31.7 Å². The van der Waals surface area contributed by atoms with Gasteiger partial charge in [0.2, 0.25) is 0 Å². The second-order valence-corrected chi connectivity index (χ2v) is 5.94. The lowest BCUT2D eigenvalue weighted by Gasteiger charge is -2.30. The van der Waals surface area contributed by atoms with Crippen LogP contribution in [0.5, 0.6) is 0 Å². The number of aliphatic hydroxyl groups is 1. The average Bonchev–Trinajstić information content (AvgIpc) is 2.85. The number of aliphatic hydroxyl groups excluding tert-OH is 1. The van der Waals surface area contributed by atoms with Gasteiger partial charge in [-0.15, -0.1) is 0 Å². The zero-order valence-electron chi connectivity index (χ0n) is 11.2. The van der Waals surface area contributed by atoms with Crippen LogP contribution in [-0.2, 0) is 24.6 Å². The molecule has 4 nitrogen and oxygen atoms in total. The van der Waals surface area contributed by atoms with Crippen LogP contribution in [0.2, 0.25) is 0 Å². The molecule has 0 amide bonds. The summed E-state index contributed by atoms with van der Waals surface area (Å²) in [6.07, 6.45) is 2.71. The van der Waals surface area contributed by atoms with Gasteiger partial charge in [0, 0.05) is 25.5 Å². The Balaban J connectivity index is 2.30. The van der Waals surface area contributed by atoms with Gasteiger partial charge in [0.1, 0.15) is 0 Å². The van der Waals surface area contributed by atoms with Crippen molar-refractivity contribution in [2.45, 2.75) is 39.2 Å². The molecule has 0 saturated carbocycles. The highest BCUT2D eigenvalue weighted by molar-refractivity contribution is 9.10. The van der Waals surface area contributed by atoms with Gasteiger partial charge < -0.3 is 9.84 Å². The summed E-state index contributed by atoms with van der Waals surface area (Å²) in [7, 11) is 1.96. The molecule has 1 fully saturated rings. The number of aromatic nitrogens is 2. The van der Waals surface area contributed by atoms with Crippen molar-refractivity contribution in [3.05, 3.63) is 15.9 Å². The van der Waals surface area contributed by atoms with Crippen molar-refractivity contribution in [2.24, 2.45) is 12.5 Å². The van der Waals surface area contributed by atoms with Crippen molar-refractivity contribution in [1.82, 2.24) is 9.78 Å². The summed E-state index contributed by atoms with van der Waals surface area (Å²) in [5.41, 5.74) is 2.06. The Morgan fingerprint density at radius 1 is 1.61 bits per heavy atom. The van der Waals surface area contributed by atoms with Gasteiger partial charge in [0.05, 0.1) is 28.6 Å². The quantitative estimate of drug-likeness (QED) is 0.925. The number of hydrogen-bond donors (Lipinski definition) is 1. The molecule has 2 rings (SSSR count). The van der Waals surface area contributed by atoms with E-state index in [4.69, 9.17) is 4.74 Å². The van der Waals surface area contributed by atoms with E-state index in [1.165, 1.54) is 0 Å². The standard InChI is InChI=1S/C13H21BrN2O2/c1-4-10-12(14)11(16(3)15-10)7-13(8-17)5-6-18-9(13)2/h9,17H,4-8H2,1-3H3. The van der Waals surface area contributed by atoms with E-state index in [9.17, 15) is 5.11 Å². The van der Waals surface area contributed by atoms with Gasteiger partial charge in [-0.2, -0.15) is 5.10 Å². The molecule has 0 aromatic carbocycles. The Bertz CT molecular complexity index is 433. The minimum atomic E-state index is -0.165. The van der Waals surface area contributed by atoms with Crippen LogP contribution < -0.4 is 0 Å². The number of halogens is 1. The molecule has 0 bridgehead atoms. The predicted molar refractivity (Wildman–Crippen MR) is 73.5 cm³/mol. The van der Waals surface area contributed by atoms with E-state index in [1.54, 1.807) is 0 Å². The van der Waals surface area contributed by atoms with E-state index in [0.29, 0.717) is 0 Å². The fourth-order valence-corrected chi connectivity index (χ4v) is 3.42. The average molecular weight is 317 g/mol. The molecule has 1 aliphatic rings. The van der Waals surface area contributed by atoms with Crippen LogP contribution >= 0.6 is 15.9 Å². The monoisotopic (exact) mass is 316 g/mol. The summed E-state index contributed by atoms with van der Waals surface area (Å²) in [6.45, 7) is 5.04. The molecular weight excluding hydrogens is 296 g/mol. The summed E-state index contributed by atoms with van der Waals surface area (Å²) >= 11 is 3.64. The molecule has 0 aliphatic carbocycles. The zero-order valence-corrected chi connectivity index (χ0v) is 12.8. The summed E-state index contributed by atoms with van der Waals surface area (Å²) in [5, 5.41) is 14.3. The molecule has 18 heavy (non-hydrogen) atoms. The lowest BCUT2D eigenvalue weighted by atomic mass is 9.78. The number of aryl methyl sites for hydroxylation is 2. The van der Waals surface area contributed by atoms with Gasteiger partial charge in [-0.3, -0.25) is 4.68 Å². The van der Waals surface area contributed by atoms with E-state index >= 15 is 0 Å². The molecule has 2 unspecified atom stereocenters. The Morgan fingerprint density at radius 2 is 2.33 bits per heavy atom. The van der Waals surface area contributed by atoms with E-state index in [-0.39, 0.29) is 18.1 Å². The molecule has 0 spiro atoms. The minimum Gasteiger partial charge on any atom is -0.396 e. The first-order valence-electron chi connectivity index (χ1n) is 6.46. The Kier molecular flexibility index (Phi) is 4.14. The molecule has 1 N–H and O–H groups in total. The normalized spacial score (nSPS) is 27.9. The molecule has 0 radical (unpaired) electrons. The molecule has 2 heterocycles. The van der Waals surface area contributed by atoms with Crippen molar-refractivity contribution in [2.75, 3.05) is 13.2 Å². The van der Waals surface area contributed by atoms with Crippen molar-refractivity contribution in [3.8, 4) is 0 Å². The van der Waals surface area contributed by atoms with Crippen LogP contribution in [-0.4, -0.2) is 34.2 Å². The largest absolute Gasteiger partial charge is 0.396 e. The predicted octanol–water partition coefficient (Wildman–Crippen LogP) is 2.08. The number of hydrogen-bond acceptors (Lipinski definition) is 3. The first-order chi connectivity index (χ1) is 8.54. The Labute approximate surface area is 116 Å². The molecule has 2 atom stereocenters. The van der Waals surface area contributed by atoms with Gasteiger partial charge in [-0.25, -0.2) is 0 Å². The van der Waals surface area contributed by atoms with Crippen LogP contribution in [0.15, 0.2) is 4.47 Å². The molecule has 102 valence electrons. The van der Waals surface area contributed by atoms with Gasteiger partial charge in [-0.05, 0) is 35.7 Å². The van der Waals surface area contributed by atoms with E-state index in [1.807, 2.05) is 18.7 Å². The summed E-state index contributed by atoms with van der Waals surface area (Å²) in [5.74, 6) is 0. The highest BCUT2D eigenvalue weighted by Crippen LogP contribution is 2.39. The van der Waals surface area contributed by atoms with E-state index in [2.05, 4.69) is 28.0 Å². The van der Waals surface area contributed by atoms with Crippen molar-refractivity contribution < 1.29 is 9.84 Å². The van der Waals surface area contributed by atoms with E-state index in [0.717, 1.165) is 41.7 Å². The maximum Gasteiger partial charge on any atom is 0.0766 e. The van der Waals surface area contributed by atoms with Crippen molar-refractivity contribution in [1.29, 1.82) is 0 Å². The number of nitrogens with zero attached hydrogens (tertiary/aromatic N) is 2. The molecule has 5 heteroatoms. The van der Waals surface area contributed by atoms with Crippen molar-refractivity contribution >= 4 is 15.9 Å². The van der Waals surface area contributed by atoms with Gasteiger partial charge in [0.25, 0.3) is 0 Å². The van der Waals surface area contributed by atoms with Crippen molar-refractivity contribution in [3.63, 3.8) is 0 Å². The zero-order chi connectivity index (χ0) is 13.3. The first-order valence-corrected chi connectivity index (χ1v) is 7.26. The topological polar surface area (TPSA) is 47.3 Å². The van der Waals surface area contributed by atoms with Crippen LogP contribution in [0, 0.1) is 5.41 Å². The molecule has 1 aromatic heterocycles. The molecule has 1 aromatic rings. The van der Waals surface area contributed by atoms with Gasteiger partial charge in [0.15, 0.2) is 0 Å². The van der Waals surface area contributed by atoms with Crippen LogP contribution in [0.3, 0.4) is 0 Å². The Hall–Kier alpha value is -0.390. The second kappa shape index (κ2) is 5.31. The summed E-state index contributed by atoms with van der Waals surface area (Å²) < 4.78 is 8.64. The maximum atomic E-state index is 9.77. The third-order valence-corrected chi connectivity index (χ3v) is 5.08. The smallest absolute Gasteiger partial charge is 0.0766 e. The number of rotatable bonds is 4. The third-order valence-electron chi connectivity index (χ3n) is 4.17. The fourth-order valence-electron chi connectivity index (χ4n) is 2.66. The SMILES string of the molecule is CCc1nn(C)c(CC2(CO)CCOC2C)c1Br. The maximum absolute atomic E-state index is 9.77. The van der Waals surface area contributed by atoms with Crippen LogP contribution in [0.25, 0.3) is 0 Å². The molecule has 1 saturated heterocycles. The highest BCUT2D eigenvalue weighted by Gasteiger charge is 2.42. The second-order valence-electron chi connectivity index (χ2n) is 5.14. The van der Waals surface area contributed by atoms with Crippen LogP contribution in [0.4, 0.5) is 0 Å². The lowest BCUT2D eigenvalue weighted by Crippen LogP contribution is -2.35. The van der Waals surface area contributed by atoms with Gasteiger partial charge >= 0.3 is 0 Å². The fraction of sp³-hybridized carbons (Fsp3) is 0.769. The Morgan fingerprint density at radius 3 is 2.78 bits per heavy atom. The third kappa shape index (κ3) is 2.24. The molecular formula is C13H21BrN2O2. The lowest BCUT2D eigenvalue weighted by molar-refractivity contribution is 0.0260. The summed E-state index contributed by atoms with van der Waals surface area (Å²) in [4.78, 5) is 0. The minimum absolute atomic E-state index is 0.0920. The number of ether oxygens (including phenoxy) is 1. The molecule has 1 aliphatic heterocycles.